The maximum absolute atomic E-state index is 10.8. The van der Waals surface area contributed by atoms with Crippen LogP contribution in [0.15, 0.2) is 12.1 Å². The summed E-state index contributed by atoms with van der Waals surface area (Å²) in [7, 11) is 3.10. The van der Waals surface area contributed by atoms with Gasteiger partial charge in [-0.25, -0.2) is 4.79 Å². The minimum atomic E-state index is -0.330. The van der Waals surface area contributed by atoms with Gasteiger partial charge < -0.3 is 9.30 Å². The minimum Gasteiger partial charge on any atom is -0.464 e. The number of aryl methyl sites for hydroxylation is 1. The second-order valence-corrected chi connectivity index (χ2v) is 1.90. The molecule has 0 atom stereocenters. The van der Waals surface area contributed by atoms with Gasteiger partial charge in [0.05, 0.1) is 13.3 Å². The van der Waals surface area contributed by atoms with Gasteiger partial charge >= 0.3 is 5.97 Å². The van der Waals surface area contributed by atoms with Crippen molar-refractivity contribution in [2.75, 3.05) is 7.11 Å². The predicted molar refractivity (Wildman–Crippen MR) is 35.6 cm³/mol. The topological polar surface area (TPSA) is 31.2 Å². The summed E-state index contributed by atoms with van der Waals surface area (Å²) < 4.78 is 6.08. The van der Waals surface area contributed by atoms with E-state index in [-0.39, 0.29) is 5.97 Å². The number of hydrogen-bond donors (Lipinski definition) is 0. The lowest BCUT2D eigenvalue weighted by Crippen LogP contribution is -2.06. The van der Waals surface area contributed by atoms with Crippen LogP contribution in [0.5, 0.6) is 0 Å². The van der Waals surface area contributed by atoms with Crippen LogP contribution in [-0.2, 0) is 11.8 Å². The van der Waals surface area contributed by atoms with Crippen LogP contribution < -0.4 is 0 Å². The van der Waals surface area contributed by atoms with Gasteiger partial charge in [0.1, 0.15) is 5.69 Å². The molecule has 1 rings (SSSR count). The number of rotatable bonds is 1. The largest absolute Gasteiger partial charge is 0.464 e. The standard InChI is InChI=1S/C7H8NO2/c1-8-5-3-4-6(8)7(9)10-2/h3-4H,1-2H3. The van der Waals surface area contributed by atoms with Crippen LogP contribution in [0.3, 0.4) is 0 Å². The molecule has 3 nitrogen and oxygen atoms in total. The van der Waals surface area contributed by atoms with E-state index in [1.54, 1.807) is 23.7 Å². The molecule has 0 spiro atoms. The Bertz CT molecular complexity index is 240. The Morgan fingerprint density at radius 1 is 1.80 bits per heavy atom. The van der Waals surface area contributed by atoms with Crippen molar-refractivity contribution in [1.29, 1.82) is 0 Å². The molecule has 10 heavy (non-hydrogen) atoms. The monoisotopic (exact) mass is 138 g/mol. The lowest BCUT2D eigenvalue weighted by molar-refractivity contribution is 0.0590. The van der Waals surface area contributed by atoms with Gasteiger partial charge in [-0.15, -0.1) is 0 Å². The molecule has 0 bridgehead atoms. The van der Waals surface area contributed by atoms with Gasteiger partial charge in [-0.3, -0.25) is 0 Å². The fourth-order valence-electron chi connectivity index (χ4n) is 0.719. The summed E-state index contributed by atoms with van der Waals surface area (Å²) in [4.78, 5) is 10.8. The summed E-state index contributed by atoms with van der Waals surface area (Å²) in [6, 6.07) is 3.33. The SMILES string of the molecule is COC(=O)c1cc[c]n1C. The molecule has 53 valence electrons. The summed E-state index contributed by atoms with van der Waals surface area (Å²) in [5, 5.41) is 0. The molecule has 1 radical (unpaired) electrons. The van der Waals surface area contributed by atoms with Crippen LogP contribution in [0, 0.1) is 6.20 Å². The number of carbonyl (C=O) groups is 1. The quantitative estimate of drug-likeness (QED) is 0.532. The molecular formula is C7H8NO2. The van der Waals surface area contributed by atoms with Gasteiger partial charge in [-0.05, 0) is 12.1 Å². The average molecular weight is 138 g/mol. The molecule has 0 N–H and O–H groups in total. The van der Waals surface area contributed by atoms with Gasteiger partial charge in [0.2, 0.25) is 0 Å². The lowest BCUT2D eigenvalue weighted by Gasteiger charge is -1.98. The van der Waals surface area contributed by atoms with Crippen LogP contribution in [-0.4, -0.2) is 17.6 Å². The number of methoxy groups -OCH3 is 1. The Morgan fingerprint density at radius 3 is 2.90 bits per heavy atom. The first-order valence-electron chi connectivity index (χ1n) is 2.87. The summed E-state index contributed by atoms with van der Waals surface area (Å²) >= 11 is 0. The average Bonchev–Trinajstić information content (AvgIpc) is 2.34. The lowest BCUT2D eigenvalue weighted by atomic mass is 10.4. The van der Waals surface area contributed by atoms with Gasteiger partial charge in [-0.1, -0.05) is 0 Å². The number of nitrogens with zero attached hydrogens (tertiary/aromatic N) is 1. The predicted octanol–water partition coefficient (Wildman–Crippen LogP) is 0.612. The van der Waals surface area contributed by atoms with Crippen LogP contribution in [0.2, 0.25) is 0 Å². The highest BCUT2D eigenvalue weighted by atomic mass is 16.5. The van der Waals surface area contributed by atoms with E-state index in [2.05, 4.69) is 10.9 Å². The number of ether oxygens (including phenoxy) is 1. The third-order valence-corrected chi connectivity index (χ3v) is 1.27. The summed E-state index contributed by atoms with van der Waals surface area (Å²) in [6.07, 6.45) is 2.80. The Kier molecular flexibility index (Phi) is 1.76. The van der Waals surface area contributed by atoms with E-state index in [4.69, 9.17) is 0 Å². The van der Waals surface area contributed by atoms with Crippen LogP contribution in [0.1, 0.15) is 10.5 Å². The van der Waals surface area contributed by atoms with Crippen molar-refractivity contribution in [2.24, 2.45) is 7.05 Å². The first-order chi connectivity index (χ1) is 4.75. The smallest absolute Gasteiger partial charge is 0.354 e. The third kappa shape index (κ3) is 1.03. The molecule has 0 unspecified atom stereocenters. The Hall–Kier alpha value is -1.25. The molecule has 0 aliphatic heterocycles. The Balaban J connectivity index is 2.93. The van der Waals surface area contributed by atoms with Crippen molar-refractivity contribution in [3.8, 4) is 0 Å². The highest BCUT2D eigenvalue weighted by Crippen LogP contribution is 1.99. The fourth-order valence-corrected chi connectivity index (χ4v) is 0.719. The Labute approximate surface area is 59.2 Å². The molecule has 0 aliphatic carbocycles. The molecule has 0 saturated carbocycles. The van der Waals surface area contributed by atoms with Crippen molar-refractivity contribution in [3.05, 3.63) is 24.0 Å². The van der Waals surface area contributed by atoms with Gasteiger partial charge in [-0.2, -0.15) is 0 Å². The van der Waals surface area contributed by atoms with Crippen molar-refractivity contribution in [1.82, 2.24) is 4.57 Å². The van der Waals surface area contributed by atoms with Crippen molar-refractivity contribution >= 4 is 5.97 Å². The first kappa shape index (κ1) is 6.86. The van der Waals surface area contributed by atoms with Gasteiger partial charge in [0.25, 0.3) is 0 Å². The van der Waals surface area contributed by atoms with Crippen molar-refractivity contribution in [2.45, 2.75) is 0 Å². The zero-order valence-electron chi connectivity index (χ0n) is 5.92. The number of carbonyl (C=O) groups excluding carboxylic acids is 1. The second kappa shape index (κ2) is 2.56. The number of hydrogen-bond acceptors (Lipinski definition) is 2. The molecule has 1 heterocycles. The van der Waals surface area contributed by atoms with E-state index in [0.29, 0.717) is 5.69 Å². The van der Waals surface area contributed by atoms with Crippen molar-refractivity contribution < 1.29 is 9.53 Å². The van der Waals surface area contributed by atoms with Crippen LogP contribution >= 0.6 is 0 Å². The molecule has 0 saturated heterocycles. The van der Waals surface area contributed by atoms with Crippen LogP contribution in [0.4, 0.5) is 0 Å². The molecule has 0 amide bonds. The second-order valence-electron chi connectivity index (χ2n) is 1.90. The molecule has 0 aromatic carbocycles. The summed E-state index contributed by atoms with van der Waals surface area (Å²) in [5.74, 6) is -0.330. The molecule has 0 aliphatic rings. The zero-order chi connectivity index (χ0) is 7.56. The maximum atomic E-state index is 10.8. The molecule has 0 fully saturated rings. The number of aromatic nitrogens is 1. The maximum Gasteiger partial charge on any atom is 0.354 e. The van der Waals surface area contributed by atoms with E-state index in [0.717, 1.165) is 0 Å². The highest BCUT2D eigenvalue weighted by molar-refractivity contribution is 5.87. The Morgan fingerprint density at radius 2 is 2.50 bits per heavy atom. The minimum absolute atomic E-state index is 0.330. The molecular weight excluding hydrogens is 130 g/mol. The van der Waals surface area contributed by atoms with E-state index < -0.39 is 0 Å². The van der Waals surface area contributed by atoms with E-state index >= 15 is 0 Å². The van der Waals surface area contributed by atoms with E-state index in [1.165, 1.54) is 7.11 Å². The van der Waals surface area contributed by atoms with Gasteiger partial charge in [0, 0.05) is 7.05 Å². The third-order valence-electron chi connectivity index (χ3n) is 1.27. The van der Waals surface area contributed by atoms with Crippen molar-refractivity contribution in [3.63, 3.8) is 0 Å². The normalized spacial score (nSPS) is 9.40. The summed E-state index contributed by atoms with van der Waals surface area (Å²) in [6.45, 7) is 0. The first-order valence-corrected chi connectivity index (χ1v) is 2.87. The molecule has 1 aromatic heterocycles. The van der Waals surface area contributed by atoms with E-state index in [1.807, 2.05) is 0 Å². The van der Waals surface area contributed by atoms with Crippen LogP contribution in [0.25, 0.3) is 0 Å². The number of esters is 1. The zero-order valence-corrected chi connectivity index (χ0v) is 5.92. The molecule has 1 aromatic rings. The highest BCUT2D eigenvalue weighted by Gasteiger charge is 2.06. The molecule has 3 heteroatoms. The summed E-state index contributed by atoms with van der Waals surface area (Å²) in [5.41, 5.74) is 0.516. The van der Waals surface area contributed by atoms with Gasteiger partial charge in [0.15, 0.2) is 0 Å². The fraction of sp³-hybridized carbons (Fsp3) is 0.286. The van der Waals surface area contributed by atoms with E-state index in [9.17, 15) is 4.79 Å².